The lowest BCUT2D eigenvalue weighted by Gasteiger charge is -2.34. The lowest BCUT2D eigenvalue weighted by molar-refractivity contribution is 0.361. The van der Waals surface area contributed by atoms with Crippen LogP contribution in [0.4, 0.5) is 0 Å². The van der Waals surface area contributed by atoms with Crippen LogP contribution in [0.3, 0.4) is 0 Å². The molecule has 0 aliphatic heterocycles. The Kier molecular flexibility index (Phi) is 4.92. The van der Waals surface area contributed by atoms with Crippen molar-refractivity contribution in [2.45, 2.75) is 53.4 Å². The minimum absolute atomic E-state index is 0.360. The highest BCUT2D eigenvalue weighted by molar-refractivity contribution is 5.64. The Morgan fingerprint density at radius 2 is 1.90 bits per heavy atom. The van der Waals surface area contributed by atoms with E-state index in [1.807, 2.05) is 12.1 Å². The molecule has 1 nitrogen and oxygen atoms in total. The van der Waals surface area contributed by atoms with Crippen LogP contribution >= 0.6 is 0 Å². The Hall–Kier alpha value is -1.50. The zero-order valence-electron chi connectivity index (χ0n) is 14.1. The number of rotatable bonds is 4. The fourth-order valence-corrected chi connectivity index (χ4v) is 3.35. The van der Waals surface area contributed by atoms with E-state index in [4.69, 9.17) is 4.74 Å². The summed E-state index contributed by atoms with van der Waals surface area (Å²) in [7, 11) is 1.71. The Morgan fingerprint density at radius 1 is 1.24 bits per heavy atom. The first kappa shape index (κ1) is 15.9. The highest BCUT2D eigenvalue weighted by Crippen LogP contribution is 2.42. The third-order valence-electron chi connectivity index (χ3n) is 4.84. The van der Waals surface area contributed by atoms with E-state index in [0.717, 1.165) is 12.2 Å². The van der Waals surface area contributed by atoms with Crippen molar-refractivity contribution in [3.63, 3.8) is 0 Å². The fraction of sp³-hybridized carbons (Fsp3) is 0.500. The van der Waals surface area contributed by atoms with Crippen molar-refractivity contribution < 1.29 is 4.74 Å². The van der Waals surface area contributed by atoms with Crippen LogP contribution in [0.15, 0.2) is 41.5 Å². The van der Waals surface area contributed by atoms with Crippen LogP contribution in [-0.2, 0) is 0 Å². The number of ether oxygens (including phenoxy) is 1. The first-order valence-corrected chi connectivity index (χ1v) is 7.94. The average molecular weight is 284 g/mol. The van der Waals surface area contributed by atoms with Gasteiger partial charge in [-0.05, 0) is 68.2 Å². The molecule has 21 heavy (non-hydrogen) atoms. The first-order chi connectivity index (χ1) is 9.94. The van der Waals surface area contributed by atoms with E-state index >= 15 is 0 Å². The van der Waals surface area contributed by atoms with Gasteiger partial charge in [0.25, 0.3) is 0 Å². The van der Waals surface area contributed by atoms with Crippen molar-refractivity contribution >= 4 is 5.57 Å². The van der Waals surface area contributed by atoms with Crippen LogP contribution in [0.2, 0.25) is 0 Å². The van der Waals surface area contributed by atoms with Gasteiger partial charge in [-0.3, -0.25) is 0 Å². The zero-order chi connectivity index (χ0) is 15.5. The van der Waals surface area contributed by atoms with Gasteiger partial charge in [0.05, 0.1) is 7.11 Å². The third-order valence-corrected chi connectivity index (χ3v) is 4.84. The molecule has 0 radical (unpaired) electrons. The number of methoxy groups -OCH3 is 1. The van der Waals surface area contributed by atoms with Gasteiger partial charge in [-0.15, -0.1) is 0 Å². The second-order valence-corrected chi connectivity index (χ2v) is 6.82. The largest absolute Gasteiger partial charge is 0.497 e. The minimum atomic E-state index is 0.360. The monoisotopic (exact) mass is 284 g/mol. The number of hydrogen-bond donors (Lipinski definition) is 0. The summed E-state index contributed by atoms with van der Waals surface area (Å²) in [5, 5.41) is 0. The van der Waals surface area contributed by atoms with E-state index in [9.17, 15) is 0 Å². The maximum absolute atomic E-state index is 5.22. The van der Waals surface area contributed by atoms with Crippen LogP contribution in [0.1, 0.15) is 58.9 Å². The Labute approximate surface area is 129 Å². The summed E-state index contributed by atoms with van der Waals surface area (Å²) in [4.78, 5) is 0. The standard InChI is InChI=1S/C20H28O/c1-15(17-9-11-18(21-5)12-10-17)8-13-19-16(2)7-6-14-20(19,3)4/h8-12H,6-7,13-14H2,1-5H3/b15-8-. The molecule has 1 aromatic carbocycles. The van der Waals surface area contributed by atoms with Gasteiger partial charge in [0.2, 0.25) is 0 Å². The van der Waals surface area contributed by atoms with Crippen LogP contribution in [0, 0.1) is 5.41 Å². The van der Waals surface area contributed by atoms with E-state index in [1.54, 1.807) is 18.3 Å². The molecule has 1 aliphatic carbocycles. The van der Waals surface area contributed by atoms with Gasteiger partial charge >= 0.3 is 0 Å². The van der Waals surface area contributed by atoms with Crippen molar-refractivity contribution in [3.05, 3.63) is 47.1 Å². The number of hydrogen-bond acceptors (Lipinski definition) is 1. The smallest absolute Gasteiger partial charge is 0.118 e. The van der Waals surface area contributed by atoms with Crippen molar-refractivity contribution in [1.82, 2.24) is 0 Å². The molecular formula is C20H28O. The molecule has 0 N–H and O–H groups in total. The lowest BCUT2D eigenvalue weighted by Crippen LogP contribution is -2.20. The molecular weight excluding hydrogens is 256 g/mol. The Balaban J connectivity index is 2.15. The fourth-order valence-electron chi connectivity index (χ4n) is 3.35. The summed E-state index contributed by atoms with van der Waals surface area (Å²) >= 11 is 0. The van der Waals surface area contributed by atoms with Crippen LogP contribution < -0.4 is 4.74 Å². The molecule has 0 saturated heterocycles. The molecule has 114 valence electrons. The second kappa shape index (κ2) is 6.51. The molecule has 2 rings (SSSR count). The first-order valence-electron chi connectivity index (χ1n) is 7.94. The minimum Gasteiger partial charge on any atom is -0.497 e. The van der Waals surface area contributed by atoms with Crippen molar-refractivity contribution in [2.24, 2.45) is 5.41 Å². The van der Waals surface area contributed by atoms with Gasteiger partial charge in [-0.25, -0.2) is 0 Å². The summed E-state index contributed by atoms with van der Waals surface area (Å²) < 4.78 is 5.22. The molecule has 0 aromatic heterocycles. The van der Waals surface area contributed by atoms with Gasteiger partial charge in [0.15, 0.2) is 0 Å². The maximum atomic E-state index is 5.22. The van der Waals surface area contributed by atoms with Crippen LogP contribution in [0.25, 0.3) is 5.57 Å². The van der Waals surface area contributed by atoms with Gasteiger partial charge in [-0.1, -0.05) is 43.2 Å². The Morgan fingerprint density at radius 3 is 2.48 bits per heavy atom. The van der Waals surface area contributed by atoms with E-state index in [1.165, 1.54) is 30.4 Å². The molecule has 0 amide bonds. The third kappa shape index (κ3) is 3.78. The topological polar surface area (TPSA) is 9.23 Å². The molecule has 0 heterocycles. The maximum Gasteiger partial charge on any atom is 0.118 e. The molecule has 1 aromatic rings. The predicted molar refractivity (Wildman–Crippen MR) is 91.6 cm³/mol. The quantitative estimate of drug-likeness (QED) is 0.615. The zero-order valence-corrected chi connectivity index (χ0v) is 14.1. The highest BCUT2D eigenvalue weighted by Gasteiger charge is 2.27. The summed E-state index contributed by atoms with van der Waals surface area (Å²) in [6.07, 6.45) is 7.39. The predicted octanol–water partition coefficient (Wildman–Crippen LogP) is 6.02. The van der Waals surface area contributed by atoms with Gasteiger partial charge < -0.3 is 4.74 Å². The summed E-state index contributed by atoms with van der Waals surface area (Å²) in [6.45, 7) is 9.30. The van der Waals surface area contributed by atoms with Crippen LogP contribution in [0.5, 0.6) is 5.75 Å². The van der Waals surface area contributed by atoms with Gasteiger partial charge in [0, 0.05) is 0 Å². The molecule has 1 heteroatoms. The SMILES string of the molecule is COc1ccc(/C(C)=C\CC2=C(C)CCCC2(C)C)cc1. The van der Waals surface area contributed by atoms with Crippen LogP contribution in [-0.4, -0.2) is 7.11 Å². The van der Waals surface area contributed by atoms with Crippen molar-refractivity contribution in [3.8, 4) is 5.75 Å². The second-order valence-electron chi connectivity index (χ2n) is 6.82. The van der Waals surface area contributed by atoms with E-state index in [2.05, 4.69) is 45.9 Å². The van der Waals surface area contributed by atoms with E-state index < -0.39 is 0 Å². The van der Waals surface area contributed by atoms with Crippen molar-refractivity contribution in [2.75, 3.05) is 7.11 Å². The molecule has 0 unspecified atom stereocenters. The van der Waals surface area contributed by atoms with Gasteiger partial charge in [-0.2, -0.15) is 0 Å². The van der Waals surface area contributed by atoms with Crippen molar-refractivity contribution in [1.29, 1.82) is 0 Å². The summed E-state index contributed by atoms with van der Waals surface area (Å²) in [5.41, 5.74) is 6.23. The Bertz CT molecular complexity index is 544. The molecule has 0 bridgehead atoms. The molecule has 0 atom stereocenters. The highest BCUT2D eigenvalue weighted by atomic mass is 16.5. The summed E-state index contributed by atoms with van der Waals surface area (Å²) in [6, 6.07) is 8.33. The van der Waals surface area contributed by atoms with E-state index in [0.29, 0.717) is 5.41 Å². The van der Waals surface area contributed by atoms with E-state index in [-0.39, 0.29) is 0 Å². The average Bonchev–Trinajstić information content (AvgIpc) is 2.46. The number of allylic oxidation sites excluding steroid dienone is 4. The normalized spacial score (nSPS) is 18.8. The molecule has 0 spiro atoms. The van der Waals surface area contributed by atoms with Gasteiger partial charge in [0.1, 0.15) is 5.75 Å². The number of benzene rings is 1. The summed E-state index contributed by atoms with van der Waals surface area (Å²) in [5.74, 6) is 0.915. The molecule has 1 aliphatic rings. The molecule has 0 saturated carbocycles. The molecule has 0 fully saturated rings. The lowest BCUT2D eigenvalue weighted by atomic mass is 9.71.